The Balaban J connectivity index is 1.74. The summed E-state index contributed by atoms with van der Waals surface area (Å²) in [6.45, 7) is 1.73. The van der Waals surface area contributed by atoms with Crippen molar-refractivity contribution in [3.63, 3.8) is 0 Å². The molecular formula is C20H18N2O3S. The molecule has 3 rings (SSSR count). The highest BCUT2D eigenvalue weighted by Crippen LogP contribution is 2.22. The number of Topliss-reactive ketones (excluding diaryl/α,β-unsaturated/α-hetero) is 1. The summed E-state index contributed by atoms with van der Waals surface area (Å²) in [5, 5.41) is 0. The molecule has 0 aliphatic heterocycles. The molecule has 0 fully saturated rings. The lowest BCUT2D eigenvalue weighted by molar-refractivity contribution is 0.101. The molecule has 0 unspecified atom stereocenters. The second-order valence-corrected chi connectivity index (χ2v) is 7.60. The first-order chi connectivity index (χ1) is 12.5. The van der Waals surface area contributed by atoms with Gasteiger partial charge in [0.1, 0.15) is 0 Å². The summed E-state index contributed by atoms with van der Waals surface area (Å²) in [5.41, 5.74) is 3.29. The monoisotopic (exact) mass is 366 g/mol. The Morgan fingerprint density at radius 2 is 1.42 bits per heavy atom. The number of nitrogens with one attached hydrogen (secondary N) is 1. The van der Waals surface area contributed by atoms with E-state index in [1.165, 1.54) is 6.92 Å². The lowest BCUT2D eigenvalue weighted by Crippen LogP contribution is -2.23. The minimum atomic E-state index is -3.59. The maximum atomic E-state index is 12.4. The Morgan fingerprint density at radius 1 is 0.885 bits per heavy atom. The number of sulfonamides is 1. The first-order valence-electron chi connectivity index (χ1n) is 8.06. The van der Waals surface area contributed by atoms with Crippen molar-refractivity contribution >= 4 is 15.8 Å². The van der Waals surface area contributed by atoms with Gasteiger partial charge in [-0.25, -0.2) is 13.1 Å². The van der Waals surface area contributed by atoms with E-state index >= 15 is 0 Å². The normalized spacial score (nSPS) is 11.3. The molecule has 26 heavy (non-hydrogen) atoms. The van der Waals surface area contributed by atoms with Gasteiger partial charge < -0.3 is 0 Å². The van der Waals surface area contributed by atoms with Gasteiger partial charge >= 0.3 is 0 Å². The third-order valence-corrected chi connectivity index (χ3v) is 5.42. The van der Waals surface area contributed by atoms with Crippen LogP contribution in [-0.4, -0.2) is 19.2 Å². The van der Waals surface area contributed by atoms with E-state index in [4.69, 9.17) is 0 Å². The van der Waals surface area contributed by atoms with Gasteiger partial charge in [-0.05, 0) is 47.9 Å². The summed E-state index contributed by atoms with van der Waals surface area (Å²) in [7, 11) is -3.59. The molecule has 132 valence electrons. The van der Waals surface area contributed by atoms with E-state index in [0.29, 0.717) is 5.56 Å². The third kappa shape index (κ3) is 4.22. The number of carbonyl (C=O) groups excluding carboxylic acids is 1. The molecule has 1 N–H and O–H groups in total. The van der Waals surface area contributed by atoms with E-state index in [1.807, 2.05) is 12.1 Å². The van der Waals surface area contributed by atoms with E-state index in [2.05, 4.69) is 9.71 Å². The van der Waals surface area contributed by atoms with E-state index < -0.39 is 10.0 Å². The van der Waals surface area contributed by atoms with Crippen molar-refractivity contribution in [2.75, 3.05) is 0 Å². The zero-order valence-electron chi connectivity index (χ0n) is 14.2. The molecular weight excluding hydrogens is 348 g/mol. The van der Waals surface area contributed by atoms with Crippen LogP contribution in [0.25, 0.3) is 11.1 Å². The first-order valence-corrected chi connectivity index (χ1v) is 9.54. The zero-order chi connectivity index (χ0) is 18.6. The van der Waals surface area contributed by atoms with Crippen molar-refractivity contribution in [3.05, 3.63) is 84.2 Å². The van der Waals surface area contributed by atoms with Gasteiger partial charge in [-0.15, -0.1) is 0 Å². The predicted octanol–water partition coefficient (Wildman–Crippen LogP) is 3.43. The average Bonchev–Trinajstić information content (AvgIpc) is 2.67. The molecule has 1 heterocycles. The van der Waals surface area contributed by atoms with Crippen LogP contribution in [0.3, 0.4) is 0 Å². The highest BCUT2D eigenvalue weighted by atomic mass is 32.2. The molecule has 2 aromatic carbocycles. The number of pyridine rings is 1. The molecule has 0 aliphatic rings. The van der Waals surface area contributed by atoms with Crippen molar-refractivity contribution in [1.82, 2.24) is 9.71 Å². The van der Waals surface area contributed by atoms with Crippen LogP contribution in [0.2, 0.25) is 0 Å². The quantitative estimate of drug-likeness (QED) is 0.678. The minimum absolute atomic E-state index is 0.0123. The molecule has 0 atom stereocenters. The predicted molar refractivity (Wildman–Crippen MR) is 100 cm³/mol. The molecule has 0 spiro atoms. The Hall–Kier alpha value is -2.83. The number of aromatic nitrogens is 1. The maximum Gasteiger partial charge on any atom is 0.240 e. The fourth-order valence-corrected chi connectivity index (χ4v) is 3.50. The van der Waals surface area contributed by atoms with Gasteiger partial charge in [-0.1, -0.05) is 36.4 Å². The number of nitrogens with zero attached hydrogens (tertiary/aromatic N) is 1. The number of hydrogen-bond donors (Lipinski definition) is 1. The summed E-state index contributed by atoms with van der Waals surface area (Å²) < 4.78 is 27.4. The minimum Gasteiger partial charge on any atom is -0.295 e. The summed E-state index contributed by atoms with van der Waals surface area (Å²) in [4.78, 5) is 15.4. The van der Waals surface area contributed by atoms with Crippen LogP contribution in [0.1, 0.15) is 22.8 Å². The summed E-state index contributed by atoms with van der Waals surface area (Å²) in [6.07, 6.45) is 3.24. The Morgan fingerprint density at radius 3 is 1.96 bits per heavy atom. The van der Waals surface area contributed by atoms with Crippen molar-refractivity contribution in [3.8, 4) is 11.1 Å². The summed E-state index contributed by atoms with van der Waals surface area (Å²) in [6, 6.07) is 17.4. The van der Waals surface area contributed by atoms with Gasteiger partial charge in [0.25, 0.3) is 0 Å². The largest absolute Gasteiger partial charge is 0.295 e. The highest BCUT2D eigenvalue weighted by molar-refractivity contribution is 7.89. The molecule has 5 nitrogen and oxygen atoms in total. The number of rotatable bonds is 6. The van der Waals surface area contributed by atoms with Gasteiger partial charge in [0.15, 0.2) is 5.78 Å². The van der Waals surface area contributed by atoms with Gasteiger partial charge in [0.05, 0.1) is 4.90 Å². The van der Waals surface area contributed by atoms with Crippen LogP contribution < -0.4 is 4.72 Å². The van der Waals surface area contributed by atoms with E-state index in [0.717, 1.165) is 16.7 Å². The first kappa shape index (κ1) is 18.0. The number of hydrogen-bond acceptors (Lipinski definition) is 4. The number of carbonyl (C=O) groups is 1. The third-order valence-electron chi connectivity index (χ3n) is 4.01. The molecule has 0 saturated carbocycles. The van der Waals surface area contributed by atoms with Crippen LogP contribution in [0.15, 0.2) is 78.0 Å². The second-order valence-electron chi connectivity index (χ2n) is 5.84. The molecule has 3 aromatic rings. The topological polar surface area (TPSA) is 76.1 Å². The van der Waals surface area contributed by atoms with Gasteiger partial charge in [-0.3, -0.25) is 9.78 Å². The molecule has 0 radical (unpaired) electrons. The maximum absolute atomic E-state index is 12.4. The lowest BCUT2D eigenvalue weighted by Gasteiger charge is -2.08. The SMILES string of the molecule is CC(=O)c1ccc(-c2ccc(S(=O)(=O)NCc3ccncc3)cc2)cc1. The van der Waals surface area contributed by atoms with Crippen LogP contribution in [0, 0.1) is 0 Å². The standard InChI is InChI=1S/C20H18N2O3S/c1-15(23)17-2-4-18(5-3-17)19-6-8-20(9-7-19)26(24,25)22-14-16-10-12-21-13-11-16/h2-13,22H,14H2,1H3. The molecule has 6 heteroatoms. The highest BCUT2D eigenvalue weighted by Gasteiger charge is 2.13. The molecule has 0 amide bonds. The smallest absolute Gasteiger partial charge is 0.240 e. The van der Waals surface area contributed by atoms with Crippen LogP contribution in [0.4, 0.5) is 0 Å². The molecule has 1 aromatic heterocycles. The van der Waals surface area contributed by atoms with Gasteiger partial charge in [-0.2, -0.15) is 0 Å². The fraction of sp³-hybridized carbons (Fsp3) is 0.100. The van der Waals surface area contributed by atoms with Crippen LogP contribution >= 0.6 is 0 Å². The summed E-state index contributed by atoms with van der Waals surface area (Å²) >= 11 is 0. The fourth-order valence-electron chi connectivity index (χ4n) is 2.49. The summed E-state index contributed by atoms with van der Waals surface area (Å²) in [5.74, 6) is 0.0123. The Kier molecular flexibility index (Phi) is 5.25. The second kappa shape index (κ2) is 7.59. The number of ketones is 1. The molecule has 0 aliphatic carbocycles. The van der Waals surface area contributed by atoms with Gasteiger partial charge in [0, 0.05) is 24.5 Å². The van der Waals surface area contributed by atoms with Crippen LogP contribution in [0.5, 0.6) is 0 Å². The molecule has 0 bridgehead atoms. The van der Waals surface area contributed by atoms with Gasteiger partial charge in [0.2, 0.25) is 10.0 Å². The van der Waals surface area contributed by atoms with Crippen molar-refractivity contribution < 1.29 is 13.2 Å². The number of benzene rings is 2. The molecule has 0 saturated heterocycles. The lowest BCUT2D eigenvalue weighted by atomic mass is 10.0. The van der Waals surface area contributed by atoms with E-state index in [1.54, 1.807) is 60.9 Å². The van der Waals surface area contributed by atoms with Crippen molar-refractivity contribution in [2.45, 2.75) is 18.4 Å². The van der Waals surface area contributed by atoms with E-state index in [9.17, 15) is 13.2 Å². The van der Waals surface area contributed by atoms with Crippen LogP contribution in [-0.2, 0) is 16.6 Å². The van der Waals surface area contributed by atoms with E-state index in [-0.39, 0.29) is 17.2 Å². The average molecular weight is 366 g/mol. The Labute approximate surface area is 152 Å². The van der Waals surface area contributed by atoms with Crippen molar-refractivity contribution in [1.29, 1.82) is 0 Å². The van der Waals surface area contributed by atoms with Crippen molar-refractivity contribution in [2.24, 2.45) is 0 Å². The zero-order valence-corrected chi connectivity index (χ0v) is 15.0. The Bertz CT molecular complexity index is 997.